The predicted molar refractivity (Wildman–Crippen MR) is 335 cm³/mol. The van der Waals surface area contributed by atoms with E-state index < -0.39 is 23.9 Å². The molecular formula is C68H68N8O8. The summed E-state index contributed by atoms with van der Waals surface area (Å²) in [6.45, 7) is 26.6. The van der Waals surface area contributed by atoms with Crippen molar-refractivity contribution in [1.29, 1.82) is 0 Å². The molecule has 4 aliphatic heterocycles. The van der Waals surface area contributed by atoms with Gasteiger partial charge in [0.1, 0.15) is 0 Å². The molecule has 0 fully saturated rings. The van der Waals surface area contributed by atoms with E-state index in [0.717, 1.165) is 128 Å². The van der Waals surface area contributed by atoms with Crippen LogP contribution in [0.5, 0.6) is 0 Å². The largest absolute Gasteiger partial charge is 0.481 e. The molecule has 4 aliphatic rings. The highest BCUT2D eigenvalue weighted by molar-refractivity contribution is 6.00. The van der Waals surface area contributed by atoms with Crippen molar-refractivity contribution < 1.29 is 39.6 Å². The third-order valence-corrected chi connectivity index (χ3v) is 17.0. The molecule has 0 saturated heterocycles. The van der Waals surface area contributed by atoms with E-state index in [0.29, 0.717) is 51.1 Å². The number of aryl methyl sites for hydroxylation is 5. The van der Waals surface area contributed by atoms with Crippen molar-refractivity contribution in [1.82, 2.24) is 39.9 Å². The van der Waals surface area contributed by atoms with Crippen LogP contribution in [-0.2, 0) is 25.6 Å². The van der Waals surface area contributed by atoms with Gasteiger partial charge < -0.3 is 40.4 Å². The zero-order valence-corrected chi connectivity index (χ0v) is 48.8. The van der Waals surface area contributed by atoms with Crippen LogP contribution < -0.4 is 0 Å². The van der Waals surface area contributed by atoms with Crippen molar-refractivity contribution in [3.8, 4) is 0 Å². The van der Waals surface area contributed by atoms with Crippen molar-refractivity contribution in [2.45, 2.75) is 120 Å². The molecule has 84 heavy (non-hydrogen) atoms. The fraction of sp³-hybridized carbons (Fsp3) is 0.265. The van der Waals surface area contributed by atoms with Gasteiger partial charge in [-0.3, -0.25) is 19.2 Å². The summed E-state index contributed by atoms with van der Waals surface area (Å²) in [6.07, 6.45) is 8.56. The Morgan fingerprint density at radius 2 is 0.786 bits per heavy atom. The van der Waals surface area contributed by atoms with Crippen molar-refractivity contribution in [2.24, 2.45) is 0 Å². The summed E-state index contributed by atoms with van der Waals surface area (Å²) >= 11 is 0. The maximum atomic E-state index is 12.0. The number of aliphatic carboxylic acids is 4. The Hall–Kier alpha value is -9.70. The van der Waals surface area contributed by atoms with Gasteiger partial charge in [-0.1, -0.05) is 44.4 Å². The summed E-state index contributed by atoms with van der Waals surface area (Å²) in [5.74, 6) is -3.90. The number of hydrogen-bond acceptors (Lipinski definition) is 8. The lowest BCUT2D eigenvalue weighted by Gasteiger charge is -2.08. The number of carbonyl (C=O) groups is 4. The van der Waals surface area contributed by atoms with Gasteiger partial charge in [0.2, 0.25) is 0 Å². The van der Waals surface area contributed by atoms with Crippen LogP contribution >= 0.6 is 0 Å². The summed E-state index contributed by atoms with van der Waals surface area (Å²) < 4.78 is 0. The molecule has 6 aromatic heterocycles. The van der Waals surface area contributed by atoms with Gasteiger partial charge in [-0.05, 0) is 202 Å². The van der Waals surface area contributed by atoms with Gasteiger partial charge in [0.25, 0.3) is 0 Å². The van der Waals surface area contributed by atoms with E-state index >= 15 is 0 Å². The SMILES string of the molecule is C=Cc1c(C)c2cc3[nH]c(cc4nc(cc5nc(cc1[nH]2)C(C)=C5CCC(=O)O)C(CCC(=O)O)=C4C)c(C)c3C(C)/C=C/C1=C(C)c2cc3nc(cc4[nH]c(cc5[nH]c(cc1n2)c(C)c5C=C)c(C)c4CCC(=O)O)C(CCC(=O)O)=C3C. The average Bonchev–Trinajstić information content (AvgIpc) is 2.33. The first-order valence-corrected chi connectivity index (χ1v) is 28.2. The Labute approximate surface area is 485 Å². The number of nitrogens with zero attached hydrogens (tertiary/aromatic N) is 4. The van der Waals surface area contributed by atoms with E-state index in [2.05, 4.69) is 71.2 Å². The molecule has 16 bridgehead atoms. The topological polar surface area (TPSA) is 264 Å². The lowest BCUT2D eigenvalue weighted by atomic mass is 9.95. The molecule has 428 valence electrons. The minimum absolute atomic E-state index is 0.0769. The Balaban J connectivity index is 1.18. The lowest BCUT2D eigenvalue weighted by Crippen LogP contribution is -1.98. The molecule has 0 aromatic carbocycles. The zero-order chi connectivity index (χ0) is 60.2. The molecule has 0 spiro atoms. The number of carboxylic acids is 4. The number of rotatable bonds is 17. The molecule has 6 aromatic rings. The smallest absolute Gasteiger partial charge is 0.303 e. The maximum absolute atomic E-state index is 12.0. The Morgan fingerprint density at radius 3 is 1.31 bits per heavy atom. The molecule has 10 heterocycles. The van der Waals surface area contributed by atoms with Crippen molar-refractivity contribution >= 4 is 125 Å². The fourth-order valence-corrected chi connectivity index (χ4v) is 12.1. The Bertz CT molecular complexity index is 4430. The van der Waals surface area contributed by atoms with Crippen LogP contribution in [0.2, 0.25) is 0 Å². The van der Waals surface area contributed by atoms with Crippen molar-refractivity contribution in [3.63, 3.8) is 0 Å². The van der Waals surface area contributed by atoms with Crippen LogP contribution in [0.25, 0.3) is 101 Å². The average molecular weight is 1130 g/mol. The van der Waals surface area contributed by atoms with Gasteiger partial charge in [0.15, 0.2) is 0 Å². The van der Waals surface area contributed by atoms with Gasteiger partial charge in [0, 0.05) is 92.4 Å². The minimum atomic E-state index is -0.933. The Morgan fingerprint density at radius 1 is 0.429 bits per heavy atom. The fourth-order valence-electron chi connectivity index (χ4n) is 12.1. The summed E-state index contributed by atoms with van der Waals surface area (Å²) in [5.41, 5.74) is 25.7. The molecule has 16 nitrogen and oxygen atoms in total. The van der Waals surface area contributed by atoms with E-state index in [9.17, 15) is 39.6 Å². The first-order chi connectivity index (χ1) is 40.0. The zero-order valence-electron chi connectivity index (χ0n) is 48.8. The standard InChI is InChI=1S/C68H68N8O8/c1-12-41-33(4)51-28-58-43(35(6)48(71-58)24-49-36(7)44(16-20-64(77)78)59(72-49)30-61-46(18-22-66(81)82)38(9)52(74-61)26-56(41)69-51)15-14-32(3)68-40(11)55-25-50-37(8)45(17-21-65(79)80)60(73-50)31-62-47(19-23-67(83)84)39(10)53(75-62)27-57-42(13-2)34(5)54(70-57)29-63(68)76-55/h12-15,24-32,69-70,74,76H,1-2,16-23H2,3-11H3,(H,77,78)(H,79,80)(H,81,82)(H,83,84)/b15-14+,48-24?,49-24?,50-25?,51-28?,52-26?,53-27?,54-29?,55-25?,56-26?,57-27?,58-28?,59-30?,60-31?,61-30?,62-31?,63-29?. The number of carboxylic acid groups (broad SMARTS) is 4. The van der Waals surface area contributed by atoms with Crippen molar-refractivity contribution in [3.05, 3.63) is 164 Å². The number of allylic oxidation sites excluding steroid dienone is 10. The van der Waals surface area contributed by atoms with E-state index in [1.165, 1.54) is 0 Å². The van der Waals surface area contributed by atoms with Gasteiger partial charge >= 0.3 is 23.9 Å². The number of nitrogens with one attached hydrogen (secondary N) is 4. The van der Waals surface area contributed by atoms with Crippen LogP contribution in [0.3, 0.4) is 0 Å². The number of hydrogen-bond donors (Lipinski definition) is 8. The quantitative estimate of drug-likeness (QED) is 0.0424. The maximum Gasteiger partial charge on any atom is 0.303 e. The highest BCUT2D eigenvalue weighted by Gasteiger charge is 2.26. The second kappa shape index (κ2) is 22.9. The second-order valence-corrected chi connectivity index (χ2v) is 22.2. The highest BCUT2D eigenvalue weighted by atomic mass is 16.4. The minimum Gasteiger partial charge on any atom is -0.481 e. The molecule has 1 atom stereocenters. The van der Waals surface area contributed by atoms with Crippen LogP contribution in [0, 0.1) is 27.7 Å². The first-order valence-electron chi connectivity index (χ1n) is 28.2. The summed E-state index contributed by atoms with van der Waals surface area (Å²) in [4.78, 5) is 83.3. The molecule has 0 saturated carbocycles. The molecule has 1 unspecified atom stereocenters. The van der Waals surface area contributed by atoms with E-state index in [1.54, 1.807) is 0 Å². The second-order valence-electron chi connectivity index (χ2n) is 22.2. The van der Waals surface area contributed by atoms with E-state index in [4.69, 9.17) is 19.9 Å². The summed E-state index contributed by atoms with van der Waals surface area (Å²) in [5, 5.41) is 39.2. The molecule has 10 rings (SSSR count). The molecular weight excluding hydrogens is 1060 g/mol. The monoisotopic (exact) mass is 1120 g/mol. The third kappa shape index (κ3) is 10.9. The summed E-state index contributed by atoms with van der Waals surface area (Å²) in [6, 6.07) is 15.9. The van der Waals surface area contributed by atoms with Gasteiger partial charge in [-0.15, -0.1) is 0 Å². The van der Waals surface area contributed by atoms with Crippen LogP contribution in [0.1, 0.15) is 176 Å². The van der Waals surface area contributed by atoms with E-state index in [-0.39, 0.29) is 57.3 Å². The predicted octanol–water partition coefficient (Wildman–Crippen LogP) is 15.2. The molecule has 0 aliphatic carbocycles. The van der Waals surface area contributed by atoms with Crippen molar-refractivity contribution in [2.75, 3.05) is 0 Å². The van der Waals surface area contributed by atoms with Gasteiger partial charge in [-0.2, -0.15) is 0 Å². The Kier molecular flexibility index (Phi) is 15.7. The molecule has 8 N–H and O–H groups in total. The van der Waals surface area contributed by atoms with E-state index in [1.807, 2.05) is 97.0 Å². The molecule has 0 radical (unpaired) electrons. The lowest BCUT2D eigenvalue weighted by molar-refractivity contribution is -0.137. The van der Waals surface area contributed by atoms with Crippen LogP contribution in [-0.4, -0.2) is 84.2 Å². The number of fused-ring (bicyclic) bond motifs is 16. The summed E-state index contributed by atoms with van der Waals surface area (Å²) in [7, 11) is 0. The number of aromatic nitrogens is 8. The molecule has 0 amide bonds. The third-order valence-electron chi connectivity index (χ3n) is 17.0. The van der Waals surface area contributed by atoms with Gasteiger partial charge in [0.05, 0.1) is 45.6 Å². The first kappa shape index (κ1) is 57.5. The molecule has 16 heteroatoms. The highest BCUT2D eigenvalue weighted by Crippen LogP contribution is 2.41. The van der Waals surface area contributed by atoms with Crippen LogP contribution in [0.15, 0.2) is 73.8 Å². The number of aromatic amines is 4. The van der Waals surface area contributed by atoms with Crippen LogP contribution in [0.4, 0.5) is 0 Å². The van der Waals surface area contributed by atoms with Gasteiger partial charge in [-0.25, -0.2) is 19.9 Å². The number of H-pyrrole nitrogens is 4. The normalized spacial score (nSPS) is 13.9.